The zero-order valence-electron chi connectivity index (χ0n) is 15.8. The number of carboxylic acids is 1. The first-order valence-electron chi connectivity index (χ1n) is 9.10. The van der Waals surface area contributed by atoms with Crippen molar-refractivity contribution < 1.29 is 24.2 Å². The Hall–Kier alpha value is -3.06. The van der Waals surface area contributed by atoms with Crippen molar-refractivity contribution in [3.8, 4) is 5.75 Å². The van der Waals surface area contributed by atoms with Crippen LogP contribution in [0.3, 0.4) is 0 Å². The summed E-state index contributed by atoms with van der Waals surface area (Å²) in [6.45, 7) is 0.124. The van der Waals surface area contributed by atoms with Crippen molar-refractivity contribution in [2.45, 2.75) is 18.9 Å². The largest absolute Gasteiger partial charge is 0.495 e. The zero-order chi connectivity index (χ0) is 21.0. The second kappa shape index (κ2) is 8.96. The van der Waals surface area contributed by atoms with Crippen molar-refractivity contribution >= 4 is 35.1 Å². The first-order chi connectivity index (χ1) is 13.9. The van der Waals surface area contributed by atoms with Crippen molar-refractivity contribution in [3.05, 3.63) is 59.1 Å². The molecular weight excluding hydrogens is 396 g/mol. The van der Waals surface area contributed by atoms with E-state index in [4.69, 9.17) is 16.3 Å². The third-order valence-corrected chi connectivity index (χ3v) is 5.06. The number of hydrogen-bond acceptors (Lipinski definition) is 4. The van der Waals surface area contributed by atoms with Crippen LogP contribution in [-0.4, -0.2) is 42.6 Å². The summed E-state index contributed by atoms with van der Waals surface area (Å²) < 4.78 is 5.29. The van der Waals surface area contributed by atoms with Crippen molar-refractivity contribution in [1.29, 1.82) is 0 Å². The predicted molar refractivity (Wildman–Crippen MR) is 108 cm³/mol. The van der Waals surface area contributed by atoms with Gasteiger partial charge in [0.1, 0.15) is 11.8 Å². The lowest BCUT2D eigenvalue weighted by Gasteiger charge is -2.20. The number of aliphatic carboxylic acids is 1. The molecule has 1 saturated heterocycles. The van der Waals surface area contributed by atoms with E-state index in [-0.39, 0.29) is 25.3 Å². The lowest BCUT2D eigenvalue weighted by atomic mass is 10.0. The molecule has 0 radical (unpaired) electrons. The highest BCUT2D eigenvalue weighted by Crippen LogP contribution is 2.35. The van der Waals surface area contributed by atoms with Gasteiger partial charge in [-0.3, -0.25) is 9.59 Å². The van der Waals surface area contributed by atoms with E-state index in [1.54, 1.807) is 30.3 Å². The smallest absolute Gasteiger partial charge is 0.326 e. The number of carboxylic acid groups (broad SMARTS) is 1. The number of nitrogens with one attached hydrogen (secondary N) is 1. The van der Waals surface area contributed by atoms with Crippen LogP contribution in [0.25, 0.3) is 0 Å². The van der Waals surface area contributed by atoms with Gasteiger partial charge in [-0.15, -0.1) is 0 Å². The molecule has 0 spiro atoms. The monoisotopic (exact) mass is 416 g/mol. The number of amides is 2. The summed E-state index contributed by atoms with van der Waals surface area (Å²) in [7, 11) is 1.48. The minimum Gasteiger partial charge on any atom is -0.495 e. The molecule has 2 unspecified atom stereocenters. The molecule has 1 aliphatic rings. The highest BCUT2D eigenvalue weighted by molar-refractivity contribution is 6.31. The molecule has 2 aromatic carbocycles. The summed E-state index contributed by atoms with van der Waals surface area (Å²) >= 11 is 6.04. The summed E-state index contributed by atoms with van der Waals surface area (Å²) in [6.07, 6.45) is 0.146. The Morgan fingerprint density at radius 2 is 2.00 bits per heavy atom. The van der Waals surface area contributed by atoms with Gasteiger partial charge >= 0.3 is 5.97 Å². The van der Waals surface area contributed by atoms with Crippen LogP contribution in [0.15, 0.2) is 48.5 Å². The van der Waals surface area contributed by atoms with Gasteiger partial charge in [0.25, 0.3) is 0 Å². The highest BCUT2D eigenvalue weighted by atomic mass is 35.5. The number of halogens is 1. The average molecular weight is 417 g/mol. The Morgan fingerprint density at radius 1 is 1.28 bits per heavy atom. The normalized spacial score (nSPS) is 17.1. The molecule has 2 aromatic rings. The fourth-order valence-electron chi connectivity index (χ4n) is 3.33. The van der Waals surface area contributed by atoms with E-state index in [2.05, 4.69) is 5.32 Å². The number of hydrogen-bond donors (Lipinski definition) is 2. The molecule has 1 aliphatic heterocycles. The Morgan fingerprint density at radius 3 is 2.66 bits per heavy atom. The van der Waals surface area contributed by atoms with E-state index in [9.17, 15) is 19.5 Å². The number of benzene rings is 2. The summed E-state index contributed by atoms with van der Waals surface area (Å²) in [4.78, 5) is 38.2. The number of carbonyl (C=O) groups is 3. The first kappa shape index (κ1) is 20.7. The quantitative estimate of drug-likeness (QED) is 0.723. The molecular formula is C21H21ClN2O5. The Bertz CT molecular complexity index is 919. The standard InChI is InChI=1S/C21H21ClN2O5/c1-29-18-8-7-15(22)11-17(18)24-12-14(10-19(24)25)20(26)23-16(21(27)28)9-13-5-3-2-4-6-13/h2-8,11,14,16H,9-10,12H2,1H3,(H,23,26)(H,27,28). The predicted octanol–water partition coefficient (Wildman–Crippen LogP) is 2.51. The van der Waals surface area contributed by atoms with Crippen LogP contribution >= 0.6 is 11.6 Å². The molecule has 0 aromatic heterocycles. The maximum Gasteiger partial charge on any atom is 0.326 e. The minimum atomic E-state index is -1.13. The Kier molecular flexibility index (Phi) is 6.39. The molecule has 2 amide bonds. The minimum absolute atomic E-state index is 0.0147. The van der Waals surface area contributed by atoms with Crippen LogP contribution in [0.4, 0.5) is 5.69 Å². The Balaban J connectivity index is 1.71. The molecule has 2 atom stereocenters. The first-order valence-corrected chi connectivity index (χ1v) is 9.48. The molecule has 8 heteroatoms. The molecule has 1 heterocycles. The van der Waals surface area contributed by atoms with Gasteiger partial charge in [0.15, 0.2) is 0 Å². The molecule has 29 heavy (non-hydrogen) atoms. The topological polar surface area (TPSA) is 95.9 Å². The van der Waals surface area contributed by atoms with E-state index < -0.39 is 23.8 Å². The van der Waals surface area contributed by atoms with Gasteiger partial charge in [-0.1, -0.05) is 41.9 Å². The molecule has 1 fully saturated rings. The summed E-state index contributed by atoms with van der Waals surface area (Å²) in [5, 5.41) is 12.5. The van der Waals surface area contributed by atoms with Gasteiger partial charge < -0.3 is 20.1 Å². The van der Waals surface area contributed by atoms with Crippen LogP contribution < -0.4 is 15.0 Å². The third kappa shape index (κ3) is 4.86. The molecule has 0 saturated carbocycles. The number of carbonyl (C=O) groups excluding carboxylic acids is 2. The van der Waals surface area contributed by atoms with Crippen molar-refractivity contribution in [3.63, 3.8) is 0 Å². The summed E-state index contributed by atoms with van der Waals surface area (Å²) in [5.41, 5.74) is 1.28. The molecule has 152 valence electrons. The van der Waals surface area contributed by atoms with Gasteiger partial charge in [-0.05, 0) is 23.8 Å². The van der Waals surface area contributed by atoms with Crippen LogP contribution in [0.5, 0.6) is 5.75 Å². The third-order valence-electron chi connectivity index (χ3n) is 4.82. The van der Waals surface area contributed by atoms with Crippen molar-refractivity contribution in [2.24, 2.45) is 5.92 Å². The van der Waals surface area contributed by atoms with E-state index in [1.807, 2.05) is 18.2 Å². The van der Waals surface area contributed by atoms with Crippen LogP contribution in [-0.2, 0) is 20.8 Å². The van der Waals surface area contributed by atoms with Crippen LogP contribution in [0, 0.1) is 5.92 Å². The molecule has 2 N–H and O–H groups in total. The number of nitrogens with zero attached hydrogens (tertiary/aromatic N) is 1. The molecule has 0 aliphatic carbocycles. The van der Waals surface area contributed by atoms with Gasteiger partial charge in [-0.25, -0.2) is 4.79 Å². The molecule has 0 bridgehead atoms. The SMILES string of the molecule is COc1ccc(Cl)cc1N1CC(C(=O)NC(Cc2ccccc2)C(=O)O)CC1=O. The second-order valence-electron chi connectivity index (χ2n) is 6.81. The summed E-state index contributed by atoms with van der Waals surface area (Å²) in [6, 6.07) is 12.9. The van der Waals surface area contributed by atoms with Gasteiger partial charge in [0.2, 0.25) is 11.8 Å². The van der Waals surface area contributed by atoms with E-state index in [1.165, 1.54) is 12.0 Å². The number of ether oxygens (including phenoxy) is 1. The maximum absolute atomic E-state index is 12.7. The molecule has 3 rings (SSSR count). The van der Waals surface area contributed by atoms with Crippen LogP contribution in [0.2, 0.25) is 5.02 Å². The zero-order valence-corrected chi connectivity index (χ0v) is 16.6. The van der Waals surface area contributed by atoms with Crippen molar-refractivity contribution in [2.75, 3.05) is 18.6 Å². The van der Waals surface area contributed by atoms with Gasteiger partial charge in [0.05, 0.1) is 18.7 Å². The lowest BCUT2D eigenvalue weighted by Crippen LogP contribution is -2.45. The average Bonchev–Trinajstić information content (AvgIpc) is 3.09. The Labute approximate surface area is 173 Å². The number of methoxy groups -OCH3 is 1. The number of rotatable bonds is 7. The number of anilines is 1. The van der Waals surface area contributed by atoms with Gasteiger partial charge in [-0.2, -0.15) is 0 Å². The maximum atomic E-state index is 12.7. The van der Waals surface area contributed by atoms with Gasteiger partial charge in [0, 0.05) is 24.4 Å². The second-order valence-corrected chi connectivity index (χ2v) is 7.25. The lowest BCUT2D eigenvalue weighted by molar-refractivity contribution is -0.142. The van der Waals surface area contributed by atoms with E-state index in [0.29, 0.717) is 16.5 Å². The van der Waals surface area contributed by atoms with E-state index >= 15 is 0 Å². The molecule has 7 nitrogen and oxygen atoms in total. The van der Waals surface area contributed by atoms with E-state index in [0.717, 1.165) is 5.56 Å². The fraction of sp³-hybridized carbons (Fsp3) is 0.286. The highest BCUT2D eigenvalue weighted by Gasteiger charge is 2.37. The van der Waals surface area contributed by atoms with Crippen molar-refractivity contribution in [1.82, 2.24) is 5.32 Å². The summed E-state index contributed by atoms with van der Waals surface area (Å²) in [5.74, 6) is -2.04. The fourth-order valence-corrected chi connectivity index (χ4v) is 3.50. The van der Waals surface area contributed by atoms with Crippen LogP contribution in [0.1, 0.15) is 12.0 Å².